The quantitative estimate of drug-likeness (QED) is 0.0485. The zero-order valence-electron chi connectivity index (χ0n) is 50.4. The van der Waals surface area contributed by atoms with E-state index >= 15 is 0 Å². The average Bonchev–Trinajstić information content (AvgIpc) is 3.53. The standard InChI is InChI=1S/4C17H18N2O2.6O.4Re/c4*20-16-8-3-1-6-14(16)12-18-10-5-11-19-13-15-7-2-4-9-17(15)21;;;;;;;;;;/h4*1-4,6-9,12-13,20-21H,5,10-11H2;;;;;;;;;;/q;;;;6*-2;;;;/p-8. The minimum atomic E-state index is -0.0219. The van der Waals surface area contributed by atoms with Crippen LogP contribution in [0.1, 0.15) is 70.2 Å². The second-order valence-electron chi connectivity index (χ2n) is 18.0. The van der Waals surface area contributed by atoms with E-state index < -0.39 is 0 Å². The number of rotatable bonds is 24. The van der Waals surface area contributed by atoms with E-state index in [-0.39, 0.29) is 161 Å². The first-order chi connectivity index (χ1) is 41.1. The second-order valence-corrected chi connectivity index (χ2v) is 18.0. The molecule has 0 saturated heterocycles. The molecule has 0 spiro atoms. The average molecular weight is 1960 g/mol. The Morgan fingerprint density at radius 3 is 0.372 bits per heavy atom. The SMILES string of the molecule is [O-2].[O-2].[O-2].[O-2].[O-2].[O-2].[O-]c1ccccc1C=NCCCN=Cc1ccccc1[O-].[O-]c1ccccc1C=NCCCN=Cc1ccccc1[O-].[O-]c1ccccc1C=NCCCN=Cc1ccccc1[O-].[O-]c1ccccc1C=NCCCN=Cc1ccccc1[O-].[Re].[Re].[Re].[Re]. The molecule has 0 aromatic heterocycles. The van der Waals surface area contributed by atoms with Crippen LogP contribution in [-0.4, -0.2) is 102 Å². The van der Waals surface area contributed by atoms with Gasteiger partial charge in [-0.3, -0.25) is 39.9 Å². The van der Waals surface area contributed by atoms with Crippen LogP contribution in [-0.2, 0) is 115 Å². The first kappa shape index (κ1) is 97.0. The Morgan fingerprint density at radius 1 is 0.181 bits per heavy atom. The third kappa shape index (κ3) is 40.1. The van der Waals surface area contributed by atoms with Crippen molar-refractivity contribution in [2.75, 3.05) is 52.4 Å². The van der Waals surface area contributed by atoms with Crippen molar-refractivity contribution < 1.29 is 155 Å². The third-order valence-electron chi connectivity index (χ3n) is 11.5. The molecule has 0 saturated carbocycles. The van der Waals surface area contributed by atoms with Crippen LogP contribution < -0.4 is 40.9 Å². The van der Waals surface area contributed by atoms with Crippen molar-refractivity contribution in [2.24, 2.45) is 39.9 Å². The summed E-state index contributed by atoms with van der Waals surface area (Å²) in [6.07, 6.45) is 15.9. The van der Waals surface area contributed by atoms with Gasteiger partial charge in [-0.25, -0.2) is 0 Å². The van der Waals surface area contributed by atoms with Gasteiger partial charge in [-0.05, 0) is 70.2 Å². The van der Waals surface area contributed by atoms with Crippen LogP contribution in [0.3, 0.4) is 0 Å². The van der Waals surface area contributed by atoms with Gasteiger partial charge in [0.15, 0.2) is 0 Å². The zero-order chi connectivity index (χ0) is 59.7. The Bertz CT molecular complexity index is 2820. The van der Waals surface area contributed by atoms with E-state index in [0.717, 1.165) is 25.7 Å². The van der Waals surface area contributed by atoms with E-state index in [1.807, 2.05) is 48.5 Å². The monoisotopic (exact) mass is 1960 g/mol. The van der Waals surface area contributed by atoms with Crippen LogP contribution in [0.25, 0.3) is 0 Å². The molecule has 0 amide bonds. The van der Waals surface area contributed by atoms with E-state index in [2.05, 4.69) is 39.9 Å². The maximum absolute atomic E-state index is 11.4. The summed E-state index contributed by atoms with van der Waals surface area (Å²) in [6, 6.07) is 54.3. The molecular formula is C68H64N8O14Re4-20. The Morgan fingerprint density at radius 2 is 0.277 bits per heavy atom. The fraction of sp³-hybridized carbons (Fsp3) is 0.176. The Hall–Kier alpha value is -8.07. The molecule has 4 radical (unpaired) electrons. The number of benzene rings is 8. The Labute approximate surface area is 603 Å². The molecule has 0 aliphatic rings. The van der Waals surface area contributed by atoms with Crippen molar-refractivity contribution in [3.8, 4) is 46.0 Å². The molecule has 0 atom stereocenters. The Kier molecular flexibility index (Phi) is 61.8. The molecule has 8 aromatic carbocycles. The van der Waals surface area contributed by atoms with Gasteiger partial charge >= 0.3 is 0 Å². The summed E-state index contributed by atoms with van der Waals surface area (Å²) < 4.78 is 0. The van der Waals surface area contributed by atoms with Gasteiger partial charge in [0.05, 0.1) is 0 Å². The topological polar surface area (TPSA) is 454 Å². The van der Waals surface area contributed by atoms with Crippen LogP contribution in [0.2, 0.25) is 0 Å². The molecule has 0 bridgehead atoms. The summed E-state index contributed by atoms with van der Waals surface area (Å²) in [5.74, 6) is -0.175. The second kappa shape index (κ2) is 59.9. The van der Waals surface area contributed by atoms with Crippen LogP contribution >= 0.6 is 0 Å². The summed E-state index contributed by atoms with van der Waals surface area (Å²) in [4.78, 5) is 33.6. The maximum atomic E-state index is 11.4. The molecule has 0 unspecified atom stereocenters. The fourth-order valence-electron chi connectivity index (χ4n) is 7.01. The molecule has 94 heavy (non-hydrogen) atoms. The van der Waals surface area contributed by atoms with Crippen molar-refractivity contribution in [1.82, 2.24) is 0 Å². The molecule has 0 heterocycles. The number of nitrogens with zero attached hydrogens (tertiary/aromatic N) is 8. The molecule has 22 nitrogen and oxygen atoms in total. The van der Waals surface area contributed by atoms with Gasteiger partial charge in [-0.1, -0.05) is 194 Å². The zero-order valence-corrected chi connectivity index (χ0v) is 61.2. The molecule has 0 aliphatic heterocycles. The van der Waals surface area contributed by atoms with Crippen molar-refractivity contribution in [2.45, 2.75) is 25.7 Å². The van der Waals surface area contributed by atoms with Crippen molar-refractivity contribution in [1.29, 1.82) is 0 Å². The number of para-hydroxylation sites is 8. The van der Waals surface area contributed by atoms with E-state index in [1.165, 1.54) is 48.5 Å². The van der Waals surface area contributed by atoms with Gasteiger partial charge in [0.25, 0.3) is 0 Å². The van der Waals surface area contributed by atoms with Gasteiger partial charge in [0.2, 0.25) is 0 Å². The summed E-state index contributed by atoms with van der Waals surface area (Å²) in [5, 5.41) is 91.4. The largest absolute Gasteiger partial charge is 2.00 e. The van der Waals surface area contributed by atoms with Crippen LogP contribution in [0.5, 0.6) is 46.0 Å². The van der Waals surface area contributed by atoms with Crippen molar-refractivity contribution >= 4 is 49.7 Å². The predicted octanol–water partition coefficient (Wildman–Crippen LogP) is 6.32. The predicted molar refractivity (Wildman–Crippen MR) is 329 cm³/mol. The van der Waals surface area contributed by atoms with E-state index in [4.69, 9.17) is 0 Å². The summed E-state index contributed by atoms with van der Waals surface area (Å²) in [7, 11) is 0. The number of hydrogen-bond acceptors (Lipinski definition) is 16. The van der Waals surface area contributed by atoms with Crippen LogP contribution in [0, 0.1) is 0 Å². The molecule has 0 fully saturated rings. The summed E-state index contributed by atoms with van der Waals surface area (Å²) in [5.41, 5.74) is 4.79. The minimum absolute atomic E-state index is 0. The van der Waals surface area contributed by atoms with E-state index in [9.17, 15) is 40.9 Å². The number of hydrogen-bond donors (Lipinski definition) is 0. The van der Waals surface area contributed by atoms with Gasteiger partial charge < -0.3 is 73.7 Å². The first-order valence-electron chi connectivity index (χ1n) is 27.2. The van der Waals surface area contributed by atoms with Crippen LogP contribution in [0.15, 0.2) is 234 Å². The van der Waals surface area contributed by atoms with Gasteiger partial charge in [-0.2, -0.15) is 0 Å². The molecule has 8 aromatic rings. The first-order valence-corrected chi connectivity index (χ1v) is 27.2. The summed E-state index contributed by atoms with van der Waals surface area (Å²) >= 11 is 0. The molecule has 508 valence electrons. The Balaban J connectivity index is -0.000000265. The van der Waals surface area contributed by atoms with Gasteiger partial charge in [-0.15, -0.1) is 46.0 Å². The van der Waals surface area contributed by atoms with Crippen LogP contribution in [0.4, 0.5) is 0 Å². The van der Waals surface area contributed by atoms with Gasteiger partial charge in [0.1, 0.15) is 0 Å². The normalized spacial score (nSPS) is 10.2. The summed E-state index contributed by atoms with van der Waals surface area (Å²) in [6.45, 7) is 4.82. The molecular weight excluding hydrogens is 1900 g/mol. The minimum Gasteiger partial charge on any atom is -2.00 e. The van der Waals surface area contributed by atoms with Crippen molar-refractivity contribution in [3.05, 3.63) is 239 Å². The van der Waals surface area contributed by atoms with E-state index in [0.29, 0.717) is 96.9 Å². The van der Waals surface area contributed by atoms with Gasteiger partial charge in [0, 0.05) is 184 Å². The third-order valence-corrected chi connectivity index (χ3v) is 11.5. The molecule has 26 heteroatoms. The smallest absolute Gasteiger partial charge is 0.0407 e. The molecule has 0 aliphatic carbocycles. The van der Waals surface area contributed by atoms with E-state index in [1.54, 1.807) is 147 Å². The van der Waals surface area contributed by atoms with Crippen molar-refractivity contribution in [3.63, 3.8) is 0 Å². The maximum Gasteiger partial charge on any atom is 0.0407 e. The molecule has 0 N–H and O–H groups in total. The number of aliphatic imine (C=N–C) groups is 8. The fourth-order valence-corrected chi connectivity index (χ4v) is 7.01. The molecule has 8 rings (SSSR count).